The number of halogens is 2. The molecule has 134 valence electrons. The van der Waals surface area contributed by atoms with Gasteiger partial charge >= 0.3 is 0 Å². The van der Waals surface area contributed by atoms with Gasteiger partial charge in [-0.1, -0.05) is 23.2 Å². The summed E-state index contributed by atoms with van der Waals surface area (Å²) in [6.07, 6.45) is 1.03. The van der Waals surface area contributed by atoms with Crippen LogP contribution < -0.4 is 10.0 Å². The van der Waals surface area contributed by atoms with Crippen LogP contribution in [-0.4, -0.2) is 32.9 Å². The highest BCUT2D eigenvalue weighted by Crippen LogP contribution is 2.24. The topological polar surface area (TPSA) is 75.3 Å². The number of thioether (sulfide) groups is 1. The third-order valence-corrected chi connectivity index (χ3v) is 5.17. The molecule has 0 bridgehead atoms. The number of sulfonamides is 1. The van der Waals surface area contributed by atoms with Crippen molar-refractivity contribution in [2.45, 2.75) is 4.90 Å². The van der Waals surface area contributed by atoms with Gasteiger partial charge in [-0.25, -0.2) is 8.42 Å². The largest absolute Gasteiger partial charge is 0.351 e. The molecular formula is C16H16Cl2N2O3S2. The minimum absolute atomic E-state index is 0.161. The van der Waals surface area contributed by atoms with E-state index >= 15 is 0 Å². The summed E-state index contributed by atoms with van der Waals surface area (Å²) in [6, 6.07) is 11.9. The van der Waals surface area contributed by atoms with E-state index < -0.39 is 10.0 Å². The highest BCUT2D eigenvalue weighted by Gasteiger charge is 2.11. The maximum atomic E-state index is 12.1. The molecule has 25 heavy (non-hydrogen) atoms. The number of amides is 1. The molecule has 0 aliphatic heterocycles. The molecule has 0 radical (unpaired) electrons. The molecule has 0 aromatic heterocycles. The van der Waals surface area contributed by atoms with Gasteiger partial charge in [0.2, 0.25) is 10.0 Å². The number of nitrogens with one attached hydrogen (secondary N) is 2. The zero-order valence-corrected chi connectivity index (χ0v) is 16.4. The molecule has 0 saturated heterocycles. The van der Waals surface area contributed by atoms with Crippen LogP contribution in [0.4, 0.5) is 5.69 Å². The van der Waals surface area contributed by atoms with Gasteiger partial charge in [0.25, 0.3) is 5.91 Å². The molecule has 0 aliphatic carbocycles. The van der Waals surface area contributed by atoms with Crippen LogP contribution in [-0.2, 0) is 10.0 Å². The molecule has 5 nitrogen and oxygen atoms in total. The molecule has 0 unspecified atom stereocenters. The molecule has 2 aromatic carbocycles. The maximum Gasteiger partial charge on any atom is 0.251 e. The van der Waals surface area contributed by atoms with Crippen molar-refractivity contribution in [3.63, 3.8) is 0 Å². The first-order valence-electron chi connectivity index (χ1n) is 7.18. The van der Waals surface area contributed by atoms with Crippen molar-refractivity contribution in [2.24, 2.45) is 0 Å². The lowest BCUT2D eigenvalue weighted by Crippen LogP contribution is -2.25. The Hall–Kier alpha value is -1.41. The second-order valence-corrected chi connectivity index (χ2v) is 8.89. The van der Waals surface area contributed by atoms with E-state index in [0.29, 0.717) is 22.9 Å². The Labute approximate surface area is 161 Å². The smallest absolute Gasteiger partial charge is 0.251 e. The molecule has 0 fully saturated rings. The molecule has 9 heteroatoms. The number of hydrogen-bond acceptors (Lipinski definition) is 4. The van der Waals surface area contributed by atoms with Gasteiger partial charge in [-0.3, -0.25) is 9.52 Å². The van der Waals surface area contributed by atoms with Crippen molar-refractivity contribution in [1.29, 1.82) is 0 Å². The van der Waals surface area contributed by atoms with Gasteiger partial charge in [0.1, 0.15) is 0 Å². The average Bonchev–Trinajstić information content (AvgIpc) is 2.53. The Kier molecular flexibility index (Phi) is 7.01. The Balaban J connectivity index is 1.86. The van der Waals surface area contributed by atoms with E-state index in [0.717, 1.165) is 11.2 Å². The first-order valence-corrected chi connectivity index (χ1v) is 10.8. The van der Waals surface area contributed by atoms with E-state index in [1.54, 1.807) is 11.8 Å². The summed E-state index contributed by atoms with van der Waals surface area (Å²) in [5.74, 6) is 0.430. The fourth-order valence-corrected chi connectivity index (χ4v) is 3.66. The lowest BCUT2D eigenvalue weighted by Gasteiger charge is -2.09. The van der Waals surface area contributed by atoms with E-state index in [-0.39, 0.29) is 16.6 Å². The van der Waals surface area contributed by atoms with Crippen molar-refractivity contribution in [2.75, 3.05) is 23.3 Å². The molecule has 2 rings (SSSR count). The number of carbonyl (C=O) groups excluding carboxylic acids is 1. The second-order valence-electron chi connectivity index (χ2n) is 5.13. The van der Waals surface area contributed by atoms with E-state index in [2.05, 4.69) is 10.0 Å². The fourth-order valence-electron chi connectivity index (χ4n) is 1.91. The van der Waals surface area contributed by atoms with Gasteiger partial charge in [-0.2, -0.15) is 0 Å². The first kappa shape index (κ1) is 19.9. The Morgan fingerprint density at radius 3 is 2.40 bits per heavy atom. The van der Waals surface area contributed by atoms with Crippen LogP contribution in [0, 0.1) is 0 Å². The minimum atomic E-state index is -3.43. The third-order valence-electron chi connectivity index (χ3n) is 3.00. The summed E-state index contributed by atoms with van der Waals surface area (Å²) in [7, 11) is -3.43. The van der Waals surface area contributed by atoms with Crippen LogP contribution in [0.25, 0.3) is 0 Å². The predicted octanol–water partition coefficient (Wildman–Crippen LogP) is 3.89. The monoisotopic (exact) mass is 418 g/mol. The number of benzene rings is 2. The third kappa shape index (κ3) is 6.78. The van der Waals surface area contributed by atoms with E-state index in [4.69, 9.17) is 23.2 Å². The molecule has 0 atom stereocenters. The summed E-state index contributed by atoms with van der Waals surface area (Å²) in [6.45, 7) is 0.479. The van der Waals surface area contributed by atoms with Crippen LogP contribution in [0.15, 0.2) is 47.4 Å². The quantitative estimate of drug-likeness (QED) is 0.528. The SMILES string of the molecule is CS(=O)(=O)Nc1ccc(C(=O)NCCSc2ccc(Cl)cc2)cc1Cl. The summed E-state index contributed by atoms with van der Waals surface area (Å²) in [4.78, 5) is 13.2. The van der Waals surface area contributed by atoms with Crippen LogP contribution in [0.1, 0.15) is 10.4 Å². The molecule has 0 spiro atoms. The van der Waals surface area contributed by atoms with Crippen molar-refractivity contribution < 1.29 is 13.2 Å². The minimum Gasteiger partial charge on any atom is -0.351 e. The van der Waals surface area contributed by atoms with Crippen LogP contribution in [0.5, 0.6) is 0 Å². The maximum absolute atomic E-state index is 12.1. The van der Waals surface area contributed by atoms with Crippen LogP contribution in [0.3, 0.4) is 0 Å². The predicted molar refractivity (Wildman–Crippen MR) is 104 cm³/mol. The van der Waals surface area contributed by atoms with Gasteiger partial charge in [-0.05, 0) is 42.5 Å². The lowest BCUT2D eigenvalue weighted by atomic mass is 10.2. The zero-order chi connectivity index (χ0) is 18.4. The fraction of sp³-hybridized carbons (Fsp3) is 0.188. The van der Waals surface area contributed by atoms with Gasteiger partial charge in [-0.15, -0.1) is 11.8 Å². The van der Waals surface area contributed by atoms with Crippen molar-refractivity contribution in [3.8, 4) is 0 Å². The molecule has 0 saturated carbocycles. The summed E-state index contributed by atoms with van der Waals surface area (Å²) in [5.41, 5.74) is 0.597. The number of hydrogen-bond donors (Lipinski definition) is 2. The first-order chi connectivity index (χ1) is 11.7. The van der Waals surface area contributed by atoms with Crippen LogP contribution in [0.2, 0.25) is 10.0 Å². The molecule has 0 aliphatic rings. The highest BCUT2D eigenvalue weighted by molar-refractivity contribution is 7.99. The number of rotatable bonds is 7. The van der Waals surface area contributed by atoms with Gasteiger partial charge in [0.15, 0.2) is 0 Å². The Morgan fingerprint density at radius 1 is 1.12 bits per heavy atom. The van der Waals surface area contributed by atoms with Gasteiger partial charge in [0.05, 0.1) is 17.0 Å². The summed E-state index contributed by atoms with van der Waals surface area (Å²) < 4.78 is 24.7. The summed E-state index contributed by atoms with van der Waals surface area (Å²) >= 11 is 13.4. The molecule has 0 heterocycles. The van der Waals surface area contributed by atoms with Gasteiger partial charge in [0, 0.05) is 27.8 Å². The Morgan fingerprint density at radius 2 is 1.80 bits per heavy atom. The standard InChI is InChI=1S/C16H16Cl2N2O3S2/c1-25(22,23)20-15-7-2-11(10-14(15)18)16(21)19-8-9-24-13-5-3-12(17)4-6-13/h2-7,10,20H,8-9H2,1H3,(H,19,21). The van der Waals surface area contributed by atoms with E-state index in [9.17, 15) is 13.2 Å². The molecule has 2 N–H and O–H groups in total. The van der Waals surface area contributed by atoms with Crippen molar-refractivity contribution >= 4 is 56.6 Å². The summed E-state index contributed by atoms with van der Waals surface area (Å²) in [5, 5.41) is 3.64. The zero-order valence-electron chi connectivity index (χ0n) is 13.3. The molecule has 2 aromatic rings. The molecular weight excluding hydrogens is 403 g/mol. The van der Waals surface area contributed by atoms with E-state index in [1.807, 2.05) is 24.3 Å². The number of anilines is 1. The molecule has 1 amide bonds. The second kappa shape index (κ2) is 8.80. The highest BCUT2D eigenvalue weighted by atomic mass is 35.5. The average molecular weight is 419 g/mol. The van der Waals surface area contributed by atoms with Crippen LogP contribution >= 0.6 is 35.0 Å². The van der Waals surface area contributed by atoms with Gasteiger partial charge < -0.3 is 5.32 Å². The Bertz CT molecular complexity index is 856. The normalized spacial score (nSPS) is 11.2. The van der Waals surface area contributed by atoms with Crippen molar-refractivity contribution in [3.05, 3.63) is 58.1 Å². The van der Waals surface area contributed by atoms with E-state index in [1.165, 1.54) is 18.2 Å². The van der Waals surface area contributed by atoms with Crippen molar-refractivity contribution in [1.82, 2.24) is 5.32 Å². The lowest BCUT2D eigenvalue weighted by molar-refractivity contribution is 0.0956. The number of carbonyl (C=O) groups is 1.